The fourth-order valence-electron chi connectivity index (χ4n) is 7.84. The average Bonchev–Trinajstić information content (AvgIpc) is 3.69. The molecule has 56 heavy (non-hydrogen) atoms. The van der Waals surface area contributed by atoms with Gasteiger partial charge in [-0.2, -0.15) is 0 Å². The van der Waals surface area contributed by atoms with Crippen LogP contribution in [0.5, 0.6) is 0 Å². The molecule has 10 nitrogen and oxygen atoms in total. The Morgan fingerprint density at radius 3 is 2.04 bits per heavy atom. The van der Waals surface area contributed by atoms with Crippen LogP contribution >= 0.6 is 0 Å². The molecule has 3 aromatic carbocycles. The van der Waals surface area contributed by atoms with Crippen molar-refractivity contribution in [2.24, 2.45) is 0 Å². The average molecular weight is 779 g/mol. The second kappa shape index (κ2) is 18.4. The zero-order chi connectivity index (χ0) is 40.5. The molecule has 5 rings (SSSR count). The lowest BCUT2D eigenvalue weighted by atomic mass is 9.94. The molecule has 4 amide bonds. The van der Waals surface area contributed by atoms with Crippen LogP contribution in [0.4, 0.5) is 0 Å². The largest absolute Gasteiger partial charge is 0.398 e. The summed E-state index contributed by atoms with van der Waals surface area (Å²) in [4.78, 5) is 70.6. The van der Waals surface area contributed by atoms with E-state index < -0.39 is 55.8 Å². The van der Waals surface area contributed by atoms with Crippen molar-refractivity contribution in [3.05, 3.63) is 109 Å². The molecule has 0 saturated carbocycles. The standard InChI is InChI=1S/C45H58N4O6Si/c1-7-45(6)43(54)47-37(31-33-21-12-8-13-22-33)42(53)49-30-20-28-38(49)41(52)46-36(40(51)48-45)27-18-11-19-29-39(50)32(2)55-56(44(3,4)5,34-23-14-9-15-24-34)35-25-16-10-17-26-35/h8-17,19,21-26,32,36-38H,7,18,20,27-31H2,1-6H3,(H,46,52)(H,47,54)(H,48,51)/t32-,36-,37-,38+,45-/m0/s1. The number of hydrogen-bond donors (Lipinski definition) is 3. The van der Waals surface area contributed by atoms with Gasteiger partial charge in [0.05, 0.1) is 0 Å². The van der Waals surface area contributed by atoms with E-state index in [4.69, 9.17) is 4.43 Å². The highest BCUT2D eigenvalue weighted by molar-refractivity contribution is 6.99. The summed E-state index contributed by atoms with van der Waals surface area (Å²) >= 11 is 0. The number of rotatable bonds is 13. The van der Waals surface area contributed by atoms with Crippen LogP contribution < -0.4 is 26.3 Å². The predicted octanol–water partition coefficient (Wildman–Crippen LogP) is 4.75. The molecule has 0 radical (unpaired) electrons. The van der Waals surface area contributed by atoms with Gasteiger partial charge in [0, 0.05) is 19.4 Å². The third kappa shape index (κ3) is 9.56. The van der Waals surface area contributed by atoms with Crippen LogP contribution in [-0.4, -0.2) is 78.9 Å². The molecule has 0 spiro atoms. The third-order valence-electron chi connectivity index (χ3n) is 11.3. The van der Waals surface area contributed by atoms with E-state index in [-0.39, 0.29) is 42.4 Å². The lowest BCUT2D eigenvalue weighted by Crippen LogP contribution is -2.68. The summed E-state index contributed by atoms with van der Waals surface area (Å²) < 4.78 is 6.99. The molecular formula is C45H58N4O6Si. The van der Waals surface area contributed by atoms with Gasteiger partial charge in [-0.25, -0.2) is 0 Å². The van der Waals surface area contributed by atoms with Gasteiger partial charge in [0.25, 0.3) is 8.32 Å². The zero-order valence-electron chi connectivity index (χ0n) is 33.7. The van der Waals surface area contributed by atoms with Crippen molar-refractivity contribution in [1.29, 1.82) is 0 Å². The zero-order valence-corrected chi connectivity index (χ0v) is 34.7. The maximum atomic E-state index is 14.0. The van der Waals surface area contributed by atoms with Crippen LogP contribution in [0.1, 0.15) is 85.6 Å². The summed E-state index contributed by atoms with van der Waals surface area (Å²) in [6.07, 6.45) is 5.32. The minimum atomic E-state index is -2.93. The monoisotopic (exact) mass is 778 g/mol. The summed E-state index contributed by atoms with van der Waals surface area (Å²) in [5, 5.41) is 10.7. The first kappa shape index (κ1) is 42.3. The van der Waals surface area contributed by atoms with Crippen molar-refractivity contribution < 1.29 is 28.4 Å². The summed E-state index contributed by atoms with van der Waals surface area (Å²) in [6.45, 7) is 12.2. The molecule has 5 atom stereocenters. The first-order valence-corrected chi connectivity index (χ1v) is 21.9. The number of allylic oxidation sites excluding steroid dienone is 2. The number of Topliss-reactive ketones (excluding diaryl/α,β-unsaturated/α-hetero) is 1. The van der Waals surface area contributed by atoms with E-state index in [9.17, 15) is 24.0 Å². The normalized spacial score (nSPS) is 23.0. The Bertz CT molecular complexity index is 1830. The van der Waals surface area contributed by atoms with Gasteiger partial charge in [0.2, 0.25) is 23.6 Å². The topological polar surface area (TPSA) is 134 Å². The Labute approximate surface area is 333 Å². The maximum Gasteiger partial charge on any atom is 0.262 e. The van der Waals surface area contributed by atoms with Gasteiger partial charge in [-0.05, 0) is 66.9 Å². The van der Waals surface area contributed by atoms with E-state index in [1.54, 1.807) is 24.8 Å². The van der Waals surface area contributed by atoms with Gasteiger partial charge in [-0.3, -0.25) is 24.0 Å². The lowest BCUT2D eigenvalue weighted by Gasteiger charge is -2.44. The number of fused-ring (bicyclic) bond motifs is 1. The second-order valence-corrected chi connectivity index (χ2v) is 20.5. The number of carbonyl (C=O) groups excluding carboxylic acids is 5. The molecule has 0 unspecified atom stereocenters. The van der Waals surface area contributed by atoms with Crippen molar-refractivity contribution in [3.63, 3.8) is 0 Å². The molecule has 0 aliphatic carbocycles. The lowest BCUT2D eigenvalue weighted by molar-refractivity contribution is -0.144. The number of amides is 4. The fourth-order valence-corrected chi connectivity index (χ4v) is 12.5. The minimum Gasteiger partial charge on any atom is -0.398 e. The molecule has 0 bridgehead atoms. The quantitative estimate of drug-likeness (QED) is 0.170. The molecule has 0 aromatic heterocycles. The van der Waals surface area contributed by atoms with E-state index in [0.29, 0.717) is 25.8 Å². The summed E-state index contributed by atoms with van der Waals surface area (Å²) in [6, 6.07) is 27.2. The first-order chi connectivity index (χ1) is 26.7. The molecule has 2 fully saturated rings. The number of hydrogen-bond acceptors (Lipinski definition) is 6. The van der Waals surface area contributed by atoms with Gasteiger partial charge in [-0.1, -0.05) is 131 Å². The summed E-state index contributed by atoms with van der Waals surface area (Å²) in [5.74, 6) is -1.72. The fraction of sp³-hybridized carbons (Fsp3) is 0.444. The van der Waals surface area contributed by atoms with Crippen LogP contribution in [0.3, 0.4) is 0 Å². The van der Waals surface area contributed by atoms with Crippen LogP contribution in [0.15, 0.2) is 103 Å². The van der Waals surface area contributed by atoms with Crippen molar-refractivity contribution in [3.8, 4) is 0 Å². The molecule has 3 N–H and O–H groups in total. The highest BCUT2D eigenvalue weighted by Crippen LogP contribution is 2.37. The number of carbonyl (C=O) groups is 5. The van der Waals surface area contributed by atoms with E-state index in [1.165, 1.54) is 0 Å². The van der Waals surface area contributed by atoms with Crippen LogP contribution in [0, 0.1) is 0 Å². The van der Waals surface area contributed by atoms with Crippen molar-refractivity contribution in [2.75, 3.05) is 6.54 Å². The first-order valence-electron chi connectivity index (χ1n) is 19.9. The Hall–Kier alpha value is -4.87. The van der Waals surface area contributed by atoms with Crippen LogP contribution in [0.2, 0.25) is 5.04 Å². The number of nitrogens with one attached hydrogen (secondary N) is 3. The highest BCUT2D eigenvalue weighted by Gasteiger charge is 2.51. The Morgan fingerprint density at radius 2 is 1.46 bits per heavy atom. The molecule has 2 aliphatic heterocycles. The number of ketones is 1. The van der Waals surface area contributed by atoms with Gasteiger partial charge in [0.15, 0.2) is 5.78 Å². The second-order valence-electron chi connectivity index (χ2n) is 16.3. The molecule has 3 aromatic rings. The van der Waals surface area contributed by atoms with Gasteiger partial charge in [-0.15, -0.1) is 0 Å². The van der Waals surface area contributed by atoms with Crippen LogP contribution in [0.25, 0.3) is 0 Å². The molecular weight excluding hydrogens is 721 g/mol. The van der Waals surface area contributed by atoms with E-state index in [1.807, 2.05) is 79.7 Å². The third-order valence-corrected chi connectivity index (χ3v) is 16.4. The minimum absolute atomic E-state index is 0.0624. The Balaban J connectivity index is 1.28. The summed E-state index contributed by atoms with van der Waals surface area (Å²) in [5.41, 5.74) is -0.459. The smallest absolute Gasteiger partial charge is 0.262 e. The molecule has 2 heterocycles. The van der Waals surface area contributed by atoms with E-state index >= 15 is 0 Å². The van der Waals surface area contributed by atoms with E-state index in [2.05, 4.69) is 61.0 Å². The number of benzene rings is 3. The van der Waals surface area contributed by atoms with Crippen molar-refractivity contribution in [1.82, 2.24) is 20.9 Å². The Morgan fingerprint density at radius 1 is 0.875 bits per heavy atom. The van der Waals surface area contributed by atoms with Crippen molar-refractivity contribution in [2.45, 2.75) is 121 Å². The molecule has 11 heteroatoms. The van der Waals surface area contributed by atoms with E-state index in [0.717, 1.165) is 15.9 Å². The number of nitrogens with zero attached hydrogens (tertiary/aromatic N) is 1. The molecule has 298 valence electrons. The van der Waals surface area contributed by atoms with Crippen molar-refractivity contribution >= 4 is 48.1 Å². The molecule has 2 saturated heterocycles. The van der Waals surface area contributed by atoms with Gasteiger partial charge >= 0.3 is 0 Å². The SMILES string of the molecule is CC[C@]1(C)NC(=O)[C@H](CCC=CCC(=O)[C@H](C)O[Si](c2ccccc2)(c2ccccc2)C(C)(C)C)NC(=O)[C@H]2CCCN2C(=O)[C@H](Cc2ccccc2)NC1=O. The predicted molar refractivity (Wildman–Crippen MR) is 222 cm³/mol. The maximum absolute atomic E-state index is 14.0. The van der Waals surface area contributed by atoms with Gasteiger partial charge in [0.1, 0.15) is 29.8 Å². The van der Waals surface area contributed by atoms with Gasteiger partial charge < -0.3 is 25.3 Å². The summed E-state index contributed by atoms with van der Waals surface area (Å²) in [7, 11) is -2.93. The highest BCUT2D eigenvalue weighted by atomic mass is 28.4. The molecule has 2 aliphatic rings. The van der Waals surface area contributed by atoms with Crippen LogP contribution in [-0.2, 0) is 34.8 Å². The Kier molecular flexibility index (Phi) is 13.9.